The summed E-state index contributed by atoms with van der Waals surface area (Å²) >= 11 is 0.559. The lowest BCUT2D eigenvalue weighted by Gasteiger charge is -2.26. The number of ether oxygens (including phenoxy) is 2. The molecule has 0 saturated heterocycles. The molecule has 0 atom stereocenters. The average molecular weight is 446 g/mol. The molecule has 2 aromatic rings. The van der Waals surface area contributed by atoms with Crippen LogP contribution >= 0.6 is 23.5 Å². The summed E-state index contributed by atoms with van der Waals surface area (Å²) in [7, 11) is 0. The number of carbonyl (C=O) groups is 2. The first-order chi connectivity index (χ1) is 13.7. The molecule has 156 valence electrons. The van der Waals surface area contributed by atoms with E-state index in [9.17, 15) is 28.8 Å². The van der Waals surface area contributed by atoms with Gasteiger partial charge >= 0.3 is 23.3 Å². The van der Waals surface area contributed by atoms with E-state index in [1.165, 1.54) is 13.8 Å². The van der Waals surface area contributed by atoms with Gasteiger partial charge in [0.2, 0.25) is 0 Å². The van der Waals surface area contributed by atoms with Gasteiger partial charge in [-0.05, 0) is 13.8 Å². The molecular formula is C13H14N6O8S2. The summed E-state index contributed by atoms with van der Waals surface area (Å²) in [6, 6.07) is 0. The number of hydrogen-bond donors (Lipinski definition) is 4. The fourth-order valence-electron chi connectivity index (χ4n) is 1.81. The Morgan fingerprint density at radius 2 is 1.21 bits per heavy atom. The van der Waals surface area contributed by atoms with Crippen LogP contribution < -0.4 is 22.5 Å². The van der Waals surface area contributed by atoms with Crippen molar-refractivity contribution in [3.05, 3.63) is 41.7 Å². The van der Waals surface area contributed by atoms with E-state index >= 15 is 0 Å². The van der Waals surface area contributed by atoms with Gasteiger partial charge in [-0.1, -0.05) is 23.5 Å². The highest BCUT2D eigenvalue weighted by molar-refractivity contribution is 8.20. The Hall–Kier alpha value is -3.14. The maximum atomic E-state index is 12.8. The van der Waals surface area contributed by atoms with Gasteiger partial charge in [0.1, 0.15) is 0 Å². The fourth-order valence-corrected chi connectivity index (χ4v) is 4.03. The number of aromatic nitrogens is 6. The SMILES string of the molecule is CCOC(=O)C(Sc1n[nH]c(=O)[nH]c1=O)(Sc1n[nH]c(=O)[nH]c1=O)C(=O)OCC. The molecule has 2 aromatic heterocycles. The van der Waals surface area contributed by atoms with Crippen molar-refractivity contribution in [2.45, 2.75) is 28.0 Å². The molecule has 0 aliphatic carbocycles. The summed E-state index contributed by atoms with van der Waals surface area (Å²) in [5.74, 6) is -2.35. The number of rotatable bonds is 8. The topological polar surface area (TPSA) is 210 Å². The van der Waals surface area contributed by atoms with Gasteiger partial charge in [0.25, 0.3) is 15.2 Å². The Kier molecular flexibility index (Phi) is 7.16. The van der Waals surface area contributed by atoms with E-state index in [-0.39, 0.29) is 36.7 Å². The summed E-state index contributed by atoms with van der Waals surface area (Å²) in [5, 5.41) is 9.98. The Morgan fingerprint density at radius 1 is 0.828 bits per heavy atom. The van der Waals surface area contributed by atoms with Gasteiger partial charge in [0.05, 0.1) is 13.2 Å². The van der Waals surface area contributed by atoms with Crippen molar-refractivity contribution in [1.29, 1.82) is 0 Å². The highest BCUT2D eigenvalue weighted by Crippen LogP contribution is 2.44. The molecule has 16 heteroatoms. The van der Waals surface area contributed by atoms with Crippen LogP contribution in [-0.2, 0) is 19.1 Å². The van der Waals surface area contributed by atoms with Crippen molar-refractivity contribution < 1.29 is 19.1 Å². The Bertz CT molecular complexity index is 1050. The molecule has 4 N–H and O–H groups in total. The van der Waals surface area contributed by atoms with E-state index in [0.717, 1.165) is 0 Å². The van der Waals surface area contributed by atoms with Crippen LogP contribution in [0.25, 0.3) is 0 Å². The quantitative estimate of drug-likeness (QED) is 0.149. The predicted octanol–water partition coefficient (Wildman–Crippen LogP) is -2.06. The predicted molar refractivity (Wildman–Crippen MR) is 98.7 cm³/mol. The third-order valence-corrected chi connectivity index (χ3v) is 5.61. The zero-order valence-corrected chi connectivity index (χ0v) is 16.5. The van der Waals surface area contributed by atoms with Crippen molar-refractivity contribution in [1.82, 2.24) is 30.4 Å². The first-order valence-corrected chi connectivity index (χ1v) is 9.47. The lowest BCUT2D eigenvalue weighted by atomic mass is 10.4. The van der Waals surface area contributed by atoms with E-state index in [4.69, 9.17) is 9.47 Å². The number of esters is 2. The zero-order valence-electron chi connectivity index (χ0n) is 14.9. The monoisotopic (exact) mass is 446 g/mol. The second-order valence-electron chi connectivity index (χ2n) is 4.89. The van der Waals surface area contributed by atoms with Crippen LogP contribution in [0.2, 0.25) is 0 Å². The molecule has 0 spiro atoms. The summed E-state index contributed by atoms with van der Waals surface area (Å²) in [6.45, 7) is 2.65. The average Bonchev–Trinajstić information content (AvgIpc) is 2.65. The lowest BCUT2D eigenvalue weighted by molar-refractivity contribution is -0.154. The van der Waals surface area contributed by atoms with Gasteiger partial charge in [0.15, 0.2) is 10.1 Å². The normalized spacial score (nSPS) is 11.1. The first-order valence-electron chi connectivity index (χ1n) is 7.84. The van der Waals surface area contributed by atoms with Gasteiger partial charge in [0, 0.05) is 0 Å². The number of nitrogens with one attached hydrogen (secondary N) is 4. The second-order valence-corrected chi connectivity index (χ2v) is 7.55. The van der Waals surface area contributed by atoms with E-state index in [1.807, 2.05) is 20.2 Å². The van der Waals surface area contributed by atoms with Crippen LogP contribution in [-0.4, -0.2) is 59.6 Å². The van der Waals surface area contributed by atoms with Gasteiger partial charge in [-0.2, -0.15) is 10.2 Å². The van der Waals surface area contributed by atoms with Crippen LogP contribution in [0, 0.1) is 0 Å². The molecule has 2 heterocycles. The molecule has 0 aromatic carbocycles. The standard InChI is InChI=1S/C13H14N6O8S2/c1-3-26-9(22)13(10(23)27-4-2,28-7-5(20)14-11(24)18-16-7)29-8-6(21)15-12(25)19-17-8/h3-4H2,1-2H3,(H2,14,18,20,24)(H2,15,19,21,25). The molecule has 29 heavy (non-hydrogen) atoms. The van der Waals surface area contributed by atoms with E-state index in [1.54, 1.807) is 0 Å². The maximum absolute atomic E-state index is 12.8. The Labute approximate surface area is 168 Å². The smallest absolute Gasteiger partial charge is 0.345 e. The molecule has 0 saturated carbocycles. The molecule has 0 unspecified atom stereocenters. The molecule has 0 radical (unpaired) electrons. The molecule has 0 aliphatic heterocycles. The van der Waals surface area contributed by atoms with Crippen LogP contribution in [0.4, 0.5) is 0 Å². The second kappa shape index (κ2) is 9.37. The molecule has 0 bridgehead atoms. The van der Waals surface area contributed by atoms with E-state index in [0.29, 0.717) is 0 Å². The summed E-state index contributed by atoms with van der Waals surface area (Å²) in [6.07, 6.45) is 0. The number of carbonyl (C=O) groups excluding carboxylic acids is 2. The molecule has 0 amide bonds. The Balaban J connectivity index is 2.67. The number of H-pyrrole nitrogens is 4. The lowest BCUT2D eigenvalue weighted by Crippen LogP contribution is -2.45. The minimum Gasteiger partial charge on any atom is -0.464 e. The number of hydrogen-bond acceptors (Lipinski definition) is 12. The third-order valence-electron chi connectivity index (χ3n) is 2.93. The minimum absolute atomic E-state index is 0.147. The summed E-state index contributed by atoms with van der Waals surface area (Å²) in [4.78, 5) is 75.8. The van der Waals surface area contributed by atoms with Gasteiger partial charge in [-0.3, -0.25) is 19.6 Å². The molecule has 14 nitrogen and oxygen atoms in total. The highest BCUT2D eigenvalue weighted by Gasteiger charge is 2.53. The molecule has 0 aliphatic rings. The summed E-state index contributed by atoms with van der Waals surface area (Å²) < 4.78 is 7.48. The summed E-state index contributed by atoms with van der Waals surface area (Å²) in [5.41, 5.74) is -3.83. The molecule has 2 rings (SSSR count). The molecule has 0 fully saturated rings. The molecular weight excluding hydrogens is 432 g/mol. The highest BCUT2D eigenvalue weighted by atomic mass is 32.2. The number of aromatic amines is 4. The Morgan fingerprint density at radius 3 is 1.52 bits per heavy atom. The van der Waals surface area contributed by atoms with Gasteiger partial charge < -0.3 is 9.47 Å². The zero-order chi connectivity index (χ0) is 21.6. The first kappa shape index (κ1) is 22.2. The van der Waals surface area contributed by atoms with Crippen LogP contribution in [0.1, 0.15) is 13.8 Å². The van der Waals surface area contributed by atoms with Crippen LogP contribution in [0.3, 0.4) is 0 Å². The minimum atomic E-state index is -2.40. The third kappa shape index (κ3) is 5.02. The number of nitrogens with zero attached hydrogens (tertiary/aromatic N) is 2. The van der Waals surface area contributed by atoms with E-state index in [2.05, 4.69) is 10.2 Å². The van der Waals surface area contributed by atoms with Gasteiger partial charge in [-0.25, -0.2) is 29.4 Å². The fraction of sp³-hybridized carbons (Fsp3) is 0.385. The van der Waals surface area contributed by atoms with Crippen molar-refractivity contribution in [3.63, 3.8) is 0 Å². The van der Waals surface area contributed by atoms with Crippen molar-refractivity contribution in [2.24, 2.45) is 0 Å². The van der Waals surface area contributed by atoms with E-state index < -0.39 is 48.6 Å². The van der Waals surface area contributed by atoms with Crippen molar-refractivity contribution in [2.75, 3.05) is 13.2 Å². The largest absolute Gasteiger partial charge is 0.464 e. The van der Waals surface area contributed by atoms with Crippen LogP contribution in [0.5, 0.6) is 0 Å². The number of thioether (sulfide) groups is 2. The van der Waals surface area contributed by atoms with Crippen LogP contribution in [0.15, 0.2) is 29.2 Å². The van der Waals surface area contributed by atoms with Crippen molar-refractivity contribution >= 4 is 35.5 Å². The van der Waals surface area contributed by atoms with Gasteiger partial charge in [-0.15, -0.1) is 0 Å². The maximum Gasteiger partial charge on any atom is 0.345 e. The van der Waals surface area contributed by atoms with Crippen molar-refractivity contribution in [3.8, 4) is 0 Å².